The molecule has 0 aliphatic rings. The summed E-state index contributed by atoms with van der Waals surface area (Å²) in [6.07, 6.45) is 1.31. The van der Waals surface area contributed by atoms with Crippen LogP contribution in [-0.4, -0.2) is 22.2 Å². The number of carbonyl (C=O) groups excluding carboxylic acids is 1. The summed E-state index contributed by atoms with van der Waals surface area (Å²) in [4.78, 5) is 22.8. The minimum absolute atomic E-state index is 0.0278. The first-order chi connectivity index (χ1) is 11.5. The van der Waals surface area contributed by atoms with Crippen LogP contribution in [0.3, 0.4) is 0 Å². The van der Waals surface area contributed by atoms with E-state index >= 15 is 0 Å². The van der Waals surface area contributed by atoms with Crippen molar-refractivity contribution in [2.75, 3.05) is 0 Å². The third-order valence-electron chi connectivity index (χ3n) is 3.28. The highest BCUT2D eigenvalue weighted by atomic mass is 32.1. The Kier molecular flexibility index (Phi) is 4.21. The summed E-state index contributed by atoms with van der Waals surface area (Å²) in [7, 11) is 0. The van der Waals surface area contributed by atoms with Crippen molar-refractivity contribution in [2.24, 2.45) is 5.10 Å². The molecular weight excluding hydrogens is 330 g/mol. The summed E-state index contributed by atoms with van der Waals surface area (Å²) in [6.45, 7) is 0. The maximum absolute atomic E-state index is 12.1. The Balaban J connectivity index is 1.75. The maximum atomic E-state index is 12.1. The van der Waals surface area contributed by atoms with Gasteiger partial charge in [-0.1, -0.05) is 24.3 Å². The third kappa shape index (κ3) is 3.23. The zero-order valence-corrected chi connectivity index (χ0v) is 13.0. The summed E-state index contributed by atoms with van der Waals surface area (Å²) in [6, 6.07) is 11.8. The highest BCUT2D eigenvalue weighted by Gasteiger charge is 2.12. The normalized spacial score (nSPS) is 11.0. The number of amides is 1. The second-order valence-corrected chi connectivity index (χ2v) is 5.82. The van der Waals surface area contributed by atoms with Crippen molar-refractivity contribution >= 4 is 39.9 Å². The summed E-state index contributed by atoms with van der Waals surface area (Å²) in [5.41, 5.74) is 2.37. The second-order valence-electron chi connectivity index (χ2n) is 4.88. The number of nitrogens with one attached hydrogen (secondary N) is 1. The number of phenolic OH excluding ortho intramolecular Hbond substituents is 1. The third-order valence-corrected chi connectivity index (χ3v) is 4.14. The zero-order chi connectivity index (χ0) is 17.1. The standard InChI is InChI=1S/C16H11N3O4S/c20-15-6-11-4-2-1-3-10(11)5-14(15)16(21)18-17-8-13-7-12(9-24-13)19(22)23/h1-9,20H,(H,18,21)/b17-8+. The fourth-order valence-corrected chi connectivity index (χ4v) is 2.84. The minimum atomic E-state index is -0.569. The van der Waals surface area contributed by atoms with Crippen LogP contribution in [0.15, 0.2) is 52.9 Å². The number of phenols is 1. The van der Waals surface area contributed by atoms with Crippen LogP contribution in [-0.2, 0) is 0 Å². The Morgan fingerprint density at radius 3 is 2.62 bits per heavy atom. The van der Waals surface area contributed by atoms with E-state index in [1.807, 2.05) is 24.3 Å². The molecule has 0 atom stereocenters. The number of aromatic hydroxyl groups is 1. The Labute approximate surface area is 140 Å². The van der Waals surface area contributed by atoms with Crippen molar-refractivity contribution in [1.29, 1.82) is 0 Å². The molecule has 8 heteroatoms. The number of fused-ring (bicyclic) bond motifs is 1. The average molecular weight is 341 g/mol. The lowest BCUT2D eigenvalue weighted by molar-refractivity contribution is -0.384. The van der Waals surface area contributed by atoms with E-state index in [1.165, 1.54) is 23.7 Å². The average Bonchev–Trinajstić information content (AvgIpc) is 3.03. The topological polar surface area (TPSA) is 105 Å². The van der Waals surface area contributed by atoms with Crippen molar-refractivity contribution in [3.63, 3.8) is 0 Å². The van der Waals surface area contributed by atoms with E-state index < -0.39 is 10.8 Å². The molecule has 0 radical (unpaired) electrons. The number of carbonyl (C=O) groups is 1. The summed E-state index contributed by atoms with van der Waals surface area (Å²) in [5, 5.41) is 27.4. The highest BCUT2D eigenvalue weighted by Crippen LogP contribution is 2.25. The fourth-order valence-electron chi connectivity index (χ4n) is 2.13. The van der Waals surface area contributed by atoms with E-state index in [0.29, 0.717) is 4.88 Å². The van der Waals surface area contributed by atoms with E-state index in [4.69, 9.17) is 0 Å². The van der Waals surface area contributed by atoms with Crippen LogP contribution in [0.1, 0.15) is 15.2 Å². The predicted octanol–water partition coefficient (Wildman–Crippen LogP) is 3.28. The van der Waals surface area contributed by atoms with E-state index in [-0.39, 0.29) is 17.0 Å². The lowest BCUT2D eigenvalue weighted by Gasteiger charge is -2.05. The van der Waals surface area contributed by atoms with E-state index in [1.54, 1.807) is 6.07 Å². The molecule has 2 aromatic carbocycles. The molecule has 2 N–H and O–H groups in total. The Hall–Kier alpha value is -3.26. The van der Waals surface area contributed by atoms with Crippen molar-refractivity contribution in [2.45, 2.75) is 0 Å². The first-order valence-corrected chi connectivity index (χ1v) is 7.70. The fraction of sp³-hybridized carbons (Fsp3) is 0. The molecule has 0 saturated heterocycles. The molecule has 0 unspecified atom stereocenters. The molecule has 0 aliphatic carbocycles. The number of thiophene rings is 1. The number of nitro groups is 1. The van der Waals surface area contributed by atoms with Crippen molar-refractivity contribution in [1.82, 2.24) is 5.43 Å². The van der Waals surface area contributed by atoms with Gasteiger partial charge in [0.15, 0.2) is 0 Å². The first kappa shape index (κ1) is 15.6. The van der Waals surface area contributed by atoms with Crippen molar-refractivity contribution < 1.29 is 14.8 Å². The van der Waals surface area contributed by atoms with Gasteiger partial charge in [-0.25, -0.2) is 5.43 Å². The molecular formula is C16H11N3O4S. The zero-order valence-electron chi connectivity index (χ0n) is 12.2. The van der Waals surface area contributed by atoms with Crippen LogP contribution < -0.4 is 5.43 Å². The van der Waals surface area contributed by atoms with E-state index in [9.17, 15) is 20.0 Å². The van der Waals surface area contributed by atoms with Crippen LogP contribution in [0.25, 0.3) is 10.8 Å². The van der Waals surface area contributed by atoms with Gasteiger partial charge in [-0.2, -0.15) is 5.10 Å². The van der Waals surface area contributed by atoms with Gasteiger partial charge >= 0.3 is 0 Å². The molecule has 120 valence electrons. The first-order valence-electron chi connectivity index (χ1n) is 6.82. The quantitative estimate of drug-likeness (QED) is 0.431. The molecule has 1 amide bonds. The largest absolute Gasteiger partial charge is 0.507 e. The molecule has 0 spiro atoms. The summed E-state index contributed by atoms with van der Waals surface area (Å²) >= 11 is 1.14. The summed E-state index contributed by atoms with van der Waals surface area (Å²) < 4.78 is 0. The monoisotopic (exact) mass is 341 g/mol. The van der Waals surface area contributed by atoms with Gasteiger partial charge in [-0.15, -0.1) is 11.3 Å². The predicted molar refractivity (Wildman–Crippen MR) is 91.6 cm³/mol. The molecule has 1 heterocycles. The maximum Gasteiger partial charge on any atom is 0.280 e. The minimum Gasteiger partial charge on any atom is -0.507 e. The van der Waals surface area contributed by atoms with E-state index in [2.05, 4.69) is 10.5 Å². The van der Waals surface area contributed by atoms with Gasteiger partial charge in [0.25, 0.3) is 11.6 Å². The van der Waals surface area contributed by atoms with Gasteiger partial charge in [-0.05, 0) is 22.9 Å². The van der Waals surface area contributed by atoms with Crippen molar-refractivity contribution in [3.05, 3.63) is 68.4 Å². The molecule has 7 nitrogen and oxygen atoms in total. The molecule has 0 aliphatic heterocycles. The highest BCUT2D eigenvalue weighted by molar-refractivity contribution is 7.12. The van der Waals surface area contributed by atoms with Gasteiger partial charge in [0, 0.05) is 6.07 Å². The van der Waals surface area contributed by atoms with Crippen LogP contribution in [0.2, 0.25) is 0 Å². The molecule has 0 bridgehead atoms. The number of rotatable bonds is 4. The van der Waals surface area contributed by atoms with Gasteiger partial charge in [0.1, 0.15) is 5.75 Å². The van der Waals surface area contributed by atoms with Gasteiger partial charge in [-0.3, -0.25) is 14.9 Å². The molecule has 0 fully saturated rings. The van der Waals surface area contributed by atoms with E-state index in [0.717, 1.165) is 22.1 Å². The van der Waals surface area contributed by atoms with Crippen LogP contribution in [0.5, 0.6) is 5.75 Å². The number of hydrogen-bond acceptors (Lipinski definition) is 6. The van der Waals surface area contributed by atoms with Crippen LogP contribution in [0.4, 0.5) is 5.69 Å². The Morgan fingerprint density at radius 2 is 1.96 bits per heavy atom. The number of hydrazone groups is 1. The van der Waals surface area contributed by atoms with Crippen LogP contribution in [0, 0.1) is 10.1 Å². The SMILES string of the molecule is O=C(N/N=C/c1cc([N+](=O)[O-])cs1)c1cc2ccccc2cc1O. The van der Waals surface area contributed by atoms with Gasteiger partial charge in [0.2, 0.25) is 0 Å². The second kappa shape index (κ2) is 6.47. The molecule has 3 rings (SSSR count). The molecule has 24 heavy (non-hydrogen) atoms. The molecule has 3 aromatic rings. The van der Waals surface area contributed by atoms with Gasteiger partial charge in [0.05, 0.1) is 27.0 Å². The lowest BCUT2D eigenvalue weighted by atomic mass is 10.1. The Bertz CT molecular complexity index is 965. The van der Waals surface area contributed by atoms with Crippen molar-refractivity contribution in [3.8, 4) is 5.75 Å². The van der Waals surface area contributed by atoms with Crippen LogP contribution >= 0.6 is 11.3 Å². The molecule has 1 aromatic heterocycles. The smallest absolute Gasteiger partial charge is 0.280 e. The Morgan fingerprint density at radius 1 is 1.25 bits per heavy atom. The number of nitrogens with zero attached hydrogens (tertiary/aromatic N) is 2. The number of hydrogen-bond donors (Lipinski definition) is 2. The molecule has 0 saturated carbocycles. The number of benzene rings is 2. The van der Waals surface area contributed by atoms with Gasteiger partial charge < -0.3 is 5.11 Å². The lowest BCUT2D eigenvalue weighted by Crippen LogP contribution is -2.17. The summed E-state index contributed by atoms with van der Waals surface area (Å²) in [5.74, 6) is -0.714.